The Kier molecular flexibility index (Phi) is 6.59. The van der Waals surface area contributed by atoms with Crippen molar-refractivity contribution in [2.45, 2.75) is 68.4 Å². The molecule has 2 bridgehead atoms. The summed E-state index contributed by atoms with van der Waals surface area (Å²) in [6.45, 7) is 3.12. The molecule has 5 nitrogen and oxygen atoms in total. The lowest BCUT2D eigenvalue weighted by molar-refractivity contribution is -0.211. The van der Waals surface area contributed by atoms with Crippen LogP contribution in [0.4, 0.5) is 0 Å². The highest BCUT2D eigenvalue weighted by Crippen LogP contribution is 2.70. The molecule has 0 unspecified atom stereocenters. The zero-order valence-electron chi connectivity index (χ0n) is 26.4. The molecule has 244 valence electrons. The Morgan fingerprint density at radius 2 is 1.67 bits per heavy atom. The van der Waals surface area contributed by atoms with Crippen molar-refractivity contribution in [1.82, 2.24) is 9.47 Å². The van der Waals surface area contributed by atoms with Gasteiger partial charge in [-0.25, -0.2) is 0 Å². The van der Waals surface area contributed by atoms with E-state index in [1.54, 1.807) is 0 Å². The lowest BCUT2D eigenvalue weighted by atomic mass is 9.48. The monoisotopic (exact) mass is 696 g/mol. The van der Waals surface area contributed by atoms with E-state index in [1.807, 2.05) is 48.5 Å². The topological polar surface area (TPSA) is 46.9 Å². The van der Waals surface area contributed by atoms with Crippen molar-refractivity contribution in [2.75, 3.05) is 13.1 Å². The van der Waals surface area contributed by atoms with Gasteiger partial charge in [-0.05, 0) is 109 Å². The SMILES string of the molecule is Oc1ccc2c3c1O[C@H]1c4c(c5cc(Cl)ccc5n4Cc4cccc(Cl)c4)C[C@@]4(OCc5cccc(Cl)c5)[C@@H](C2)N(CC2CC2)CC[C@]314. The van der Waals surface area contributed by atoms with Crippen molar-refractivity contribution in [2.24, 2.45) is 5.92 Å². The Bertz CT molecular complexity index is 2140. The number of likely N-dealkylation sites (tertiary alicyclic amines) is 1. The highest BCUT2D eigenvalue weighted by atomic mass is 35.5. The molecule has 1 aromatic heterocycles. The molecule has 1 saturated heterocycles. The summed E-state index contributed by atoms with van der Waals surface area (Å²) < 4.78 is 17.1. The van der Waals surface area contributed by atoms with Gasteiger partial charge in [0.15, 0.2) is 17.6 Å². The van der Waals surface area contributed by atoms with Crippen LogP contribution in [0, 0.1) is 5.92 Å². The molecule has 48 heavy (non-hydrogen) atoms. The first-order chi connectivity index (χ1) is 23.3. The molecule has 1 saturated carbocycles. The molecule has 4 aromatic carbocycles. The van der Waals surface area contributed by atoms with Crippen LogP contribution in [0.15, 0.2) is 78.9 Å². The summed E-state index contributed by atoms with van der Waals surface area (Å²) in [6, 6.07) is 26.4. The Labute approximate surface area is 294 Å². The van der Waals surface area contributed by atoms with Crippen molar-refractivity contribution in [3.63, 3.8) is 0 Å². The zero-order chi connectivity index (χ0) is 32.4. The quantitative estimate of drug-likeness (QED) is 0.184. The van der Waals surface area contributed by atoms with Gasteiger partial charge in [-0.15, -0.1) is 0 Å². The first-order valence-electron chi connectivity index (χ1n) is 17.0. The van der Waals surface area contributed by atoms with Crippen LogP contribution in [0.25, 0.3) is 10.9 Å². The average Bonchev–Trinajstić information content (AvgIpc) is 3.75. The Hall–Kier alpha value is -3.19. The molecular weight excluding hydrogens is 663 g/mol. The molecule has 3 heterocycles. The largest absolute Gasteiger partial charge is 0.504 e. The van der Waals surface area contributed by atoms with Crippen molar-refractivity contribution in [3.8, 4) is 11.5 Å². The normalized spacial score (nSPS) is 26.7. The third-order valence-electron chi connectivity index (χ3n) is 12.0. The fourth-order valence-corrected chi connectivity index (χ4v) is 10.5. The average molecular weight is 698 g/mol. The molecule has 2 fully saturated rings. The van der Waals surface area contributed by atoms with Crippen LogP contribution in [-0.2, 0) is 36.1 Å². The fourth-order valence-electron chi connectivity index (χ4n) is 9.89. The zero-order valence-corrected chi connectivity index (χ0v) is 28.7. The summed E-state index contributed by atoms with van der Waals surface area (Å²) in [6.07, 6.45) is 4.66. The van der Waals surface area contributed by atoms with Gasteiger partial charge in [0.05, 0.1) is 17.7 Å². The van der Waals surface area contributed by atoms with Gasteiger partial charge in [0.2, 0.25) is 0 Å². The van der Waals surface area contributed by atoms with Gasteiger partial charge < -0.3 is 19.1 Å². The van der Waals surface area contributed by atoms with Crippen LogP contribution >= 0.6 is 34.8 Å². The smallest absolute Gasteiger partial charge is 0.166 e. The minimum atomic E-state index is -0.621. The van der Waals surface area contributed by atoms with E-state index in [4.69, 9.17) is 44.3 Å². The van der Waals surface area contributed by atoms with Gasteiger partial charge >= 0.3 is 0 Å². The fraction of sp³-hybridized carbons (Fsp3) is 0.350. The number of nitrogens with zero attached hydrogens (tertiary/aromatic N) is 2. The number of hydrogen-bond acceptors (Lipinski definition) is 4. The Morgan fingerprint density at radius 3 is 2.46 bits per heavy atom. The van der Waals surface area contributed by atoms with Crippen molar-refractivity contribution < 1.29 is 14.6 Å². The van der Waals surface area contributed by atoms with Crippen molar-refractivity contribution >= 4 is 45.7 Å². The number of aromatic hydroxyl groups is 1. The molecular formula is C40H35Cl3N2O3. The minimum Gasteiger partial charge on any atom is -0.504 e. The first-order valence-corrected chi connectivity index (χ1v) is 18.2. The summed E-state index contributed by atoms with van der Waals surface area (Å²) >= 11 is 19.8. The van der Waals surface area contributed by atoms with Crippen LogP contribution in [0.5, 0.6) is 11.5 Å². The number of halogens is 3. The number of fused-ring (bicyclic) bond motifs is 4. The lowest BCUT2D eigenvalue weighted by Crippen LogP contribution is -2.75. The number of benzene rings is 4. The maximum atomic E-state index is 11.4. The third kappa shape index (κ3) is 4.18. The molecule has 0 amide bonds. The lowest BCUT2D eigenvalue weighted by Gasteiger charge is -2.64. The van der Waals surface area contributed by atoms with Crippen molar-refractivity contribution in [3.05, 3.63) is 127 Å². The maximum Gasteiger partial charge on any atom is 0.166 e. The van der Waals surface area contributed by atoms with E-state index in [9.17, 15) is 5.11 Å². The molecule has 10 rings (SSSR count). The number of piperidine rings is 1. The van der Waals surface area contributed by atoms with E-state index in [0.29, 0.717) is 40.4 Å². The standard InChI is InChI=1S/C40H35Cl3N2O3/c41-27-5-1-3-24(15-27)21-45-32-11-10-29(43)18-30(32)31-19-40(47-22-25-4-2-6-28(42)16-25)34-17-26-9-12-33(46)37-35(26)39(40,38(48-37)36(31)45)13-14-44(34)20-23-7-8-23/h1-6,9-12,15-16,18,23,34,38,46H,7-8,13-14,17,19-22H2/t34-,38+,39+,40-/m1/s1. The number of phenolic OH excluding ortho intramolecular Hbond substituents is 1. The Balaban J connectivity index is 1.24. The molecule has 2 aliphatic heterocycles. The number of aromatic nitrogens is 1. The van der Waals surface area contributed by atoms with E-state index < -0.39 is 11.0 Å². The highest BCUT2D eigenvalue weighted by molar-refractivity contribution is 6.31. The second-order valence-electron chi connectivity index (χ2n) is 14.6. The van der Waals surface area contributed by atoms with E-state index >= 15 is 0 Å². The van der Waals surface area contributed by atoms with Crippen LogP contribution < -0.4 is 4.74 Å². The van der Waals surface area contributed by atoms with E-state index in [0.717, 1.165) is 65.1 Å². The van der Waals surface area contributed by atoms with Crippen LogP contribution in [0.3, 0.4) is 0 Å². The number of hydrogen-bond donors (Lipinski definition) is 1. The highest BCUT2D eigenvalue weighted by Gasteiger charge is 2.74. The van der Waals surface area contributed by atoms with Gasteiger partial charge in [-0.2, -0.15) is 0 Å². The van der Waals surface area contributed by atoms with E-state index in [1.165, 1.54) is 24.0 Å². The van der Waals surface area contributed by atoms with Gasteiger partial charge in [0.25, 0.3) is 0 Å². The summed E-state index contributed by atoms with van der Waals surface area (Å²) in [7, 11) is 0. The van der Waals surface area contributed by atoms with Gasteiger partial charge in [-0.3, -0.25) is 4.90 Å². The number of ether oxygens (including phenoxy) is 2. The molecule has 3 aliphatic carbocycles. The summed E-state index contributed by atoms with van der Waals surface area (Å²) in [5, 5.41) is 14.7. The molecule has 8 heteroatoms. The maximum absolute atomic E-state index is 11.4. The molecule has 4 atom stereocenters. The third-order valence-corrected chi connectivity index (χ3v) is 12.7. The molecule has 0 radical (unpaired) electrons. The summed E-state index contributed by atoms with van der Waals surface area (Å²) in [4.78, 5) is 2.73. The predicted molar refractivity (Wildman–Crippen MR) is 190 cm³/mol. The Morgan fingerprint density at radius 1 is 0.896 bits per heavy atom. The molecule has 1 N–H and O–H groups in total. The first kappa shape index (κ1) is 29.7. The summed E-state index contributed by atoms with van der Waals surface area (Å²) in [5.41, 5.74) is 6.92. The second-order valence-corrected chi connectivity index (χ2v) is 15.9. The van der Waals surface area contributed by atoms with Crippen LogP contribution in [-0.4, -0.2) is 39.3 Å². The van der Waals surface area contributed by atoms with Crippen LogP contribution in [0.1, 0.15) is 58.9 Å². The second kappa shape index (κ2) is 10.7. The van der Waals surface area contributed by atoms with Crippen LogP contribution in [0.2, 0.25) is 15.1 Å². The van der Waals surface area contributed by atoms with Gasteiger partial charge in [0, 0.05) is 57.1 Å². The predicted octanol–water partition coefficient (Wildman–Crippen LogP) is 9.28. The van der Waals surface area contributed by atoms with Gasteiger partial charge in [0.1, 0.15) is 5.60 Å². The van der Waals surface area contributed by atoms with Gasteiger partial charge in [-0.1, -0.05) is 65.1 Å². The summed E-state index contributed by atoms with van der Waals surface area (Å²) in [5.74, 6) is 1.56. The number of rotatable bonds is 7. The van der Waals surface area contributed by atoms with Crippen molar-refractivity contribution in [1.29, 1.82) is 0 Å². The number of phenols is 1. The van der Waals surface area contributed by atoms with E-state index in [-0.39, 0.29) is 17.9 Å². The van der Waals surface area contributed by atoms with E-state index in [2.05, 4.69) is 39.8 Å². The minimum absolute atomic E-state index is 0.138. The molecule has 1 spiro atoms. The molecule has 5 aliphatic rings. The molecule has 5 aromatic rings.